The quantitative estimate of drug-likeness (QED) is 0.574. The van der Waals surface area contributed by atoms with Gasteiger partial charge in [-0.1, -0.05) is 20.8 Å². The van der Waals surface area contributed by atoms with Crippen LogP contribution in [-0.4, -0.2) is 37.7 Å². The minimum Gasteiger partial charge on any atom is -0.410 e. The third kappa shape index (κ3) is 5.02. The van der Waals surface area contributed by atoms with Crippen molar-refractivity contribution in [1.29, 1.82) is 0 Å². The number of allylic oxidation sites excluding steroid dienone is 1. The molecule has 1 unspecified atom stereocenters. The highest BCUT2D eigenvalue weighted by molar-refractivity contribution is 8.04. The van der Waals surface area contributed by atoms with E-state index in [1.54, 1.807) is 11.8 Å². The van der Waals surface area contributed by atoms with Crippen LogP contribution >= 0.6 is 11.8 Å². The third-order valence-electron chi connectivity index (χ3n) is 4.06. The number of unbranched alkanes of at least 4 members (excludes halogenated alkanes) is 1. The zero-order valence-corrected chi connectivity index (χ0v) is 15.2. The van der Waals surface area contributed by atoms with Crippen molar-refractivity contribution in [3.05, 3.63) is 11.0 Å². The van der Waals surface area contributed by atoms with Gasteiger partial charge in [-0.2, -0.15) is 0 Å². The van der Waals surface area contributed by atoms with Gasteiger partial charge in [0.05, 0.1) is 6.10 Å². The molecule has 5 heteroatoms. The fourth-order valence-corrected chi connectivity index (χ4v) is 4.08. The van der Waals surface area contributed by atoms with Gasteiger partial charge in [-0.25, -0.2) is 0 Å². The van der Waals surface area contributed by atoms with Crippen LogP contribution in [0.4, 0.5) is 0 Å². The van der Waals surface area contributed by atoms with E-state index in [-0.39, 0.29) is 23.5 Å². The minimum atomic E-state index is -1.81. The molecule has 0 radical (unpaired) electrons. The lowest BCUT2D eigenvalue weighted by atomic mass is 10.2. The number of hydrogen-bond donors (Lipinski definition) is 1. The van der Waals surface area contributed by atoms with Crippen molar-refractivity contribution in [2.45, 2.75) is 64.3 Å². The average Bonchev–Trinajstić information content (AvgIpc) is 2.63. The topological polar surface area (TPSA) is 46.5 Å². The lowest BCUT2D eigenvalue weighted by Gasteiger charge is -2.37. The highest BCUT2D eigenvalue weighted by atomic mass is 32.2. The normalized spacial score (nSPS) is 20.4. The Kier molecular flexibility index (Phi) is 6.50. The van der Waals surface area contributed by atoms with Crippen molar-refractivity contribution in [2.24, 2.45) is 0 Å². The SMILES string of the molecule is CC(C)(C)[Si](C)(C)OC1C=C(SCCCCO)C(=O)C1. The first-order chi connectivity index (χ1) is 9.17. The average molecular weight is 317 g/mol. The molecule has 0 heterocycles. The first kappa shape index (κ1) is 17.9. The summed E-state index contributed by atoms with van der Waals surface area (Å²) in [7, 11) is -1.81. The van der Waals surface area contributed by atoms with E-state index in [2.05, 4.69) is 33.9 Å². The summed E-state index contributed by atoms with van der Waals surface area (Å²) < 4.78 is 6.28. The first-order valence-corrected chi connectivity index (χ1v) is 11.2. The Hall–Kier alpha value is -0.103. The number of ketones is 1. The fraction of sp³-hybridized carbons (Fsp3) is 0.800. The Labute approximate surface area is 128 Å². The third-order valence-corrected chi connectivity index (χ3v) is 9.73. The second-order valence-electron chi connectivity index (χ2n) is 6.85. The second kappa shape index (κ2) is 7.25. The molecule has 116 valence electrons. The summed E-state index contributed by atoms with van der Waals surface area (Å²) in [6, 6.07) is 0. The summed E-state index contributed by atoms with van der Waals surface area (Å²) >= 11 is 1.61. The van der Waals surface area contributed by atoms with Gasteiger partial charge in [-0.05, 0) is 42.8 Å². The van der Waals surface area contributed by atoms with E-state index in [0.29, 0.717) is 6.42 Å². The molecule has 0 aromatic heterocycles. The van der Waals surface area contributed by atoms with E-state index in [1.165, 1.54) is 0 Å². The first-order valence-electron chi connectivity index (χ1n) is 7.34. The van der Waals surface area contributed by atoms with Crippen molar-refractivity contribution < 1.29 is 14.3 Å². The van der Waals surface area contributed by atoms with Gasteiger partial charge in [0.1, 0.15) is 0 Å². The van der Waals surface area contributed by atoms with Gasteiger partial charge < -0.3 is 9.53 Å². The van der Waals surface area contributed by atoms with Crippen molar-refractivity contribution in [3.8, 4) is 0 Å². The lowest BCUT2D eigenvalue weighted by Crippen LogP contribution is -2.43. The lowest BCUT2D eigenvalue weighted by molar-refractivity contribution is -0.115. The molecule has 0 aliphatic heterocycles. The van der Waals surface area contributed by atoms with Gasteiger partial charge in [-0.15, -0.1) is 11.8 Å². The summed E-state index contributed by atoms with van der Waals surface area (Å²) in [5, 5.41) is 8.92. The molecule has 0 saturated heterocycles. The van der Waals surface area contributed by atoms with Crippen LogP contribution in [0.2, 0.25) is 18.1 Å². The van der Waals surface area contributed by atoms with E-state index in [0.717, 1.165) is 23.5 Å². The van der Waals surface area contributed by atoms with Crippen LogP contribution in [0, 0.1) is 0 Å². The number of carbonyl (C=O) groups excluding carboxylic acids is 1. The van der Waals surface area contributed by atoms with Crippen LogP contribution in [-0.2, 0) is 9.22 Å². The molecule has 0 fully saturated rings. The molecule has 0 bridgehead atoms. The van der Waals surface area contributed by atoms with E-state index < -0.39 is 8.32 Å². The molecule has 0 spiro atoms. The van der Waals surface area contributed by atoms with Crippen LogP contribution < -0.4 is 0 Å². The van der Waals surface area contributed by atoms with Crippen molar-refractivity contribution in [1.82, 2.24) is 0 Å². The maximum Gasteiger partial charge on any atom is 0.192 e. The summed E-state index contributed by atoms with van der Waals surface area (Å²) in [6.45, 7) is 11.3. The second-order valence-corrected chi connectivity index (χ2v) is 12.7. The Bertz CT molecular complexity index is 372. The maximum absolute atomic E-state index is 12.0. The van der Waals surface area contributed by atoms with Crippen molar-refractivity contribution in [3.63, 3.8) is 0 Å². The van der Waals surface area contributed by atoms with Crippen molar-refractivity contribution in [2.75, 3.05) is 12.4 Å². The molecule has 1 N–H and O–H groups in total. The fourth-order valence-electron chi connectivity index (χ4n) is 1.76. The standard InChI is InChI=1S/C15H28O3SSi/c1-15(2,3)20(4,5)18-12-10-13(17)14(11-12)19-9-7-6-8-16/h11-12,16H,6-10H2,1-5H3. The monoisotopic (exact) mass is 316 g/mol. The number of Topliss-reactive ketones (excluding diaryl/α,β-unsaturated/α-hetero) is 1. The molecule has 0 amide bonds. The van der Waals surface area contributed by atoms with Crippen LogP contribution in [0.5, 0.6) is 0 Å². The molecule has 1 atom stereocenters. The maximum atomic E-state index is 12.0. The molecule has 1 rings (SSSR count). The van der Waals surface area contributed by atoms with Crippen LogP contribution in [0.3, 0.4) is 0 Å². The zero-order valence-electron chi connectivity index (χ0n) is 13.4. The molecule has 20 heavy (non-hydrogen) atoms. The van der Waals surface area contributed by atoms with E-state index in [4.69, 9.17) is 9.53 Å². The van der Waals surface area contributed by atoms with Crippen LogP contribution in [0.1, 0.15) is 40.0 Å². The highest BCUT2D eigenvalue weighted by Gasteiger charge is 2.40. The predicted molar refractivity (Wildman–Crippen MR) is 88.6 cm³/mol. The Morgan fingerprint density at radius 2 is 2.05 bits per heavy atom. The number of rotatable bonds is 7. The largest absolute Gasteiger partial charge is 0.410 e. The van der Waals surface area contributed by atoms with Gasteiger partial charge in [0.25, 0.3) is 0 Å². The van der Waals surface area contributed by atoms with Gasteiger partial charge in [-0.3, -0.25) is 4.79 Å². The summed E-state index contributed by atoms with van der Waals surface area (Å²) in [4.78, 5) is 12.8. The van der Waals surface area contributed by atoms with E-state index >= 15 is 0 Å². The highest BCUT2D eigenvalue weighted by Crippen LogP contribution is 2.39. The van der Waals surface area contributed by atoms with Crippen LogP contribution in [0.15, 0.2) is 11.0 Å². The molecular formula is C15H28O3SSi. The Morgan fingerprint density at radius 1 is 1.40 bits per heavy atom. The molecule has 1 aliphatic rings. The van der Waals surface area contributed by atoms with Gasteiger partial charge >= 0.3 is 0 Å². The summed E-state index contributed by atoms with van der Waals surface area (Å²) in [5.41, 5.74) is 0. The zero-order chi connectivity index (χ0) is 15.4. The smallest absolute Gasteiger partial charge is 0.192 e. The number of aliphatic hydroxyl groups excluding tert-OH is 1. The van der Waals surface area contributed by atoms with Gasteiger partial charge in [0.15, 0.2) is 14.1 Å². The summed E-state index contributed by atoms with van der Waals surface area (Å²) in [6.07, 6.45) is 4.21. The number of aliphatic hydroxyl groups is 1. The van der Waals surface area contributed by atoms with Crippen molar-refractivity contribution >= 4 is 25.9 Å². The molecule has 0 aromatic rings. The molecule has 3 nitrogen and oxygen atoms in total. The van der Waals surface area contributed by atoms with E-state index in [1.807, 2.05) is 6.08 Å². The Morgan fingerprint density at radius 3 is 2.60 bits per heavy atom. The number of hydrogen-bond acceptors (Lipinski definition) is 4. The summed E-state index contributed by atoms with van der Waals surface area (Å²) in [5.74, 6) is 1.10. The molecule has 0 aromatic carbocycles. The number of thioether (sulfide) groups is 1. The Balaban J connectivity index is 2.54. The van der Waals surface area contributed by atoms with Gasteiger partial charge in [0.2, 0.25) is 0 Å². The molecular weight excluding hydrogens is 288 g/mol. The number of carbonyl (C=O) groups is 1. The molecule has 1 aliphatic carbocycles. The van der Waals surface area contributed by atoms with Gasteiger partial charge in [0, 0.05) is 17.9 Å². The predicted octanol–water partition coefficient (Wildman–Crippen LogP) is 3.74. The minimum absolute atomic E-state index is 0.0382. The molecule has 0 saturated carbocycles. The van der Waals surface area contributed by atoms with E-state index in [9.17, 15) is 4.79 Å². The van der Waals surface area contributed by atoms with Crippen LogP contribution in [0.25, 0.3) is 0 Å².